The van der Waals surface area contributed by atoms with Crippen molar-refractivity contribution in [3.8, 4) is 0 Å². The quantitative estimate of drug-likeness (QED) is 0.767. The molecule has 0 aliphatic heterocycles. The Morgan fingerprint density at radius 3 is 2.65 bits per heavy atom. The average molecular weight is 283 g/mol. The predicted molar refractivity (Wildman–Crippen MR) is 81.1 cm³/mol. The molecule has 0 bridgehead atoms. The van der Waals surface area contributed by atoms with Gasteiger partial charge in [-0.2, -0.15) is 0 Å². The highest BCUT2D eigenvalue weighted by atomic mass is 35.5. The van der Waals surface area contributed by atoms with Crippen LogP contribution in [0.2, 0.25) is 5.02 Å². The fourth-order valence-electron chi connectivity index (χ4n) is 1.98. The number of halogens is 1. The Kier molecular flexibility index (Phi) is 3.35. The van der Waals surface area contributed by atoms with Gasteiger partial charge in [-0.1, -0.05) is 41.9 Å². The Morgan fingerprint density at radius 2 is 1.80 bits per heavy atom. The number of rotatable bonds is 2. The third kappa shape index (κ3) is 2.49. The molecule has 0 fully saturated rings. The van der Waals surface area contributed by atoms with E-state index in [2.05, 4.69) is 10.3 Å². The van der Waals surface area contributed by atoms with E-state index in [1.165, 1.54) is 0 Å². The van der Waals surface area contributed by atoms with Gasteiger partial charge in [-0.25, -0.2) is 0 Å². The molecule has 0 saturated heterocycles. The van der Waals surface area contributed by atoms with E-state index in [0.717, 1.165) is 10.9 Å². The van der Waals surface area contributed by atoms with Crippen molar-refractivity contribution in [2.45, 2.75) is 0 Å². The second-order valence-electron chi connectivity index (χ2n) is 4.35. The zero-order valence-corrected chi connectivity index (χ0v) is 11.3. The van der Waals surface area contributed by atoms with Crippen molar-refractivity contribution in [1.82, 2.24) is 4.98 Å². The zero-order valence-electron chi connectivity index (χ0n) is 10.5. The summed E-state index contributed by atoms with van der Waals surface area (Å²) in [5, 5.41) is 4.21. The van der Waals surface area contributed by atoms with E-state index < -0.39 is 0 Å². The van der Waals surface area contributed by atoms with E-state index in [1.807, 2.05) is 30.3 Å². The maximum Gasteiger partial charge on any atom is 0.257 e. The molecule has 0 spiro atoms. The molecule has 98 valence electrons. The summed E-state index contributed by atoms with van der Waals surface area (Å²) in [7, 11) is 0. The number of para-hydroxylation sites is 1. The first kappa shape index (κ1) is 12.6. The minimum absolute atomic E-state index is 0.243. The second-order valence-corrected chi connectivity index (χ2v) is 4.76. The lowest BCUT2D eigenvalue weighted by molar-refractivity contribution is 0.102. The van der Waals surface area contributed by atoms with E-state index in [4.69, 9.17) is 11.6 Å². The number of amides is 1. The van der Waals surface area contributed by atoms with Crippen molar-refractivity contribution in [1.29, 1.82) is 0 Å². The number of hydrogen-bond acceptors (Lipinski definition) is 2. The van der Waals surface area contributed by atoms with Crippen molar-refractivity contribution in [3.63, 3.8) is 0 Å². The van der Waals surface area contributed by atoms with Crippen LogP contribution in [0.3, 0.4) is 0 Å². The highest BCUT2D eigenvalue weighted by Crippen LogP contribution is 2.19. The Morgan fingerprint density at radius 1 is 1.05 bits per heavy atom. The molecule has 1 amide bonds. The van der Waals surface area contributed by atoms with Gasteiger partial charge in [0.15, 0.2) is 0 Å². The zero-order chi connectivity index (χ0) is 13.9. The Hall–Kier alpha value is -2.39. The summed E-state index contributed by atoms with van der Waals surface area (Å²) < 4.78 is 0. The molecule has 0 radical (unpaired) electrons. The number of hydrogen-bond donors (Lipinski definition) is 1. The van der Waals surface area contributed by atoms with Crippen molar-refractivity contribution < 1.29 is 4.79 Å². The highest BCUT2D eigenvalue weighted by molar-refractivity contribution is 6.34. The molecule has 3 nitrogen and oxygen atoms in total. The minimum atomic E-state index is -0.243. The molecule has 3 rings (SSSR count). The second kappa shape index (κ2) is 5.31. The molecule has 1 aromatic heterocycles. The van der Waals surface area contributed by atoms with Crippen LogP contribution in [0.4, 0.5) is 5.69 Å². The molecular weight excluding hydrogens is 272 g/mol. The summed E-state index contributed by atoms with van der Waals surface area (Å²) in [4.78, 5) is 16.5. The number of nitrogens with zero attached hydrogens (tertiary/aromatic N) is 1. The number of pyridine rings is 1. The van der Waals surface area contributed by atoms with Crippen molar-refractivity contribution in [3.05, 3.63) is 71.4 Å². The van der Waals surface area contributed by atoms with Crippen LogP contribution >= 0.6 is 11.6 Å². The Bertz CT molecular complexity index is 786. The van der Waals surface area contributed by atoms with Crippen LogP contribution in [0.1, 0.15) is 10.4 Å². The van der Waals surface area contributed by atoms with Gasteiger partial charge in [0.25, 0.3) is 5.91 Å². The summed E-state index contributed by atoms with van der Waals surface area (Å²) in [5.41, 5.74) is 1.99. The van der Waals surface area contributed by atoms with E-state index in [0.29, 0.717) is 16.3 Å². The molecule has 0 atom stereocenters. The third-order valence-corrected chi connectivity index (χ3v) is 3.30. The van der Waals surface area contributed by atoms with Gasteiger partial charge in [0.05, 0.1) is 28.0 Å². The Balaban J connectivity index is 1.89. The number of carbonyl (C=O) groups excluding carboxylic acids is 1. The van der Waals surface area contributed by atoms with Gasteiger partial charge in [-0.05, 0) is 24.3 Å². The lowest BCUT2D eigenvalue weighted by atomic mass is 10.2. The maximum atomic E-state index is 12.1. The van der Waals surface area contributed by atoms with E-state index in [1.54, 1.807) is 30.5 Å². The van der Waals surface area contributed by atoms with Crippen molar-refractivity contribution in [2.75, 3.05) is 5.32 Å². The molecule has 3 aromatic rings. The number of anilines is 1. The highest BCUT2D eigenvalue weighted by Gasteiger charge is 2.10. The topological polar surface area (TPSA) is 42.0 Å². The van der Waals surface area contributed by atoms with Crippen LogP contribution in [-0.4, -0.2) is 10.9 Å². The largest absolute Gasteiger partial charge is 0.321 e. The lowest BCUT2D eigenvalue weighted by Gasteiger charge is -2.07. The average Bonchev–Trinajstić information content (AvgIpc) is 2.47. The number of aromatic nitrogens is 1. The molecule has 1 heterocycles. The first-order valence-corrected chi connectivity index (χ1v) is 6.52. The SMILES string of the molecule is O=C(Nc1cnc2ccccc2c1)c1ccccc1Cl. The van der Waals surface area contributed by atoms with Gasteiger partial charge >= 0.3 is 0 Å². The molecule has 0 saturated carbocycles. The molecule has 0 aliphatic carbocycles. The van der Waals surface area contributed by atoms with E-state index in [9.17, 15) is 4.79 Å². The van der Waals surface area contributed by atoms with Gasteiger partial charge in [0.2, 0.25) is 0 Å². The molecule has 0 unspecified atom stereocenters. The van der Waals surface area contributed by atoms with Crippen LogP contribution in [0.15, 0.2) is 60.8 Å². The van der Waals surface area contributed by atoms with Gasteiger partial charge in [-0.3, -0.25) is 9.78 Å². The Labute approximate surface area is 121 Å². The molecule has 2 aromatic carbocycles. The van der Waals surface area contributed by atoms with Crippen LogP contribution in [0.5, 0.6) is 0 Å². The van der Waals surface area contributed by atoms with Gasteiger partial charge in [0.1, 0.15) is 0 Å². The summed E-state index contributed by atoms with van der Waals surface area (Å²) in [6, 6.07) is 16.6. The monoisotopic (exact) mass is 282 g/mol. The number of benzene rings is 2. The fourth-order valence-corrected chi connectivity index (χ4v) is 2.20. The standard InChI is InChI=1S/C16H11ClN2O/c17-14-7-3-2-6-13(14)16(20)19-12-9-11-5-1-4-8-15(11)18-10-12/h1-10H,(H,19,20). The van der Waals surface area contributed by atoms with E-state index >= 15 is 0 Å². The molecule has 1 N–H and O–H groups in total. The summed E-state index contributed by atoms with van der Waals surface area (Å²) in [6.45, 7) is 0. The molecule has 0 aliphatic rings. The number of nitrogens with one attached hydrogen (secondary N) is 1. The fraction of sp³-hybridized carbons (Fsp3) is 0. The van der Waals surface area contributed by atoms with Gasteiger partial charge in [-0.15, -0.1) is 0 Å². The first-order valence-electron chi connectivity index (χ1n) is 6.15. The van der Waals surface area contributed by atoms with E-state index in [-0.39, 0.29) is 5.91 Å². The molecular formula is C16H11ClN2O. The summed E-state index contributed by atoms with van der Waals surface area (Å²) in [6.07, 6.45) is 1.64. The first-order chi connectivity index (χ1) is 9.74. The third-order valence-electron chi connectivity index (χ3n) is 2.97. The van der Waals surface area contributed by atoms with Crippen LogP contribution in [0, 0.1) is 0 Å². The van der Waals surface area contributed by atoms with Crippen LogP contribution in [-0.2, 0) is 0 Å². The number of carbonyl (C=O) groups is 1. The van der Waals surface area contributed by atoms with Gasteiger partial charge in [0, 0.05) is 5.39 Å². The molecule has 4 heteroatoms. The maximum absolute atomic E-state index is 12.1. The summed E-state index contributed by atoms with van der Waals surface area (Å²) in [5.74, 6) is -0.243. The summed E-state index contributed by atoms with van der Waals surface area (Å²) >= 11 is 6.00. The van der Waals surface area contributed by atoms with Crippen LogP contribution in [0.25, 0.3) is 10.9 Å². The normalized spacial score (nSPS) is 10.4. The molecule has 20 heavy (non-hydrogen) atoms. The van der Waals surface area contributed by atoms with Crippen LogP contribution < -0.4 is 5.32 Å². The smallest absolute Gasteiger partial charge is 0.257 e. The minimum Gasteiger partial charge on any atom is -0.321 e. The van der Waals surface area contributed by atoms with Crippen molar-refractivity contribution in [2.24, 2.45) is 0 Å². The predicted octanol–water partition coefficient (Wildman–Crippen LogP) is 4.14. The van der Waals surface area contributed by atoms with Crippen molar-refractivity contribution >= 4 is 34.1 Å². The van der Waals surface area contributed by atoms with Gasteiger partial charge < -0.3 is 5.32 Å². The number of fused-ring (bicyclic) bond motifs is 1. The lowest BCUT2D eigenvalue weighted by Crippen LogP contribution is -2.12.